The third-order valence-corrected chi connectivity index (χ3v) is 5.49. The highest BCUT2D eigenvalue weighted by Crippen LogP contribution is 2.33. The van der Waals surface area contributed by atoms with Crippen LogP contribution in [0, 0.1) is 13.8 Å². The van der Waals surface area contributed by atoms with Crippen molar-refractivity contribution in [3.05, 3.63) is 42.0 Å². The van der Waals surface area contributed by atoms with E-state index in [1.165, 1.54) is 16.0 Å². The zero-order valence-electron chi connectivity index (χ0n) is 15.3. The van der Waals surface area contributed by atoms with Crippen molar-refractivity contribution in [2.24, 2.45) is 4.99 Å². The monoisotopic (exact) mass is 353 g/mol. The van der Waals surface area contributed by atoms with Gasteiger partial charge in [-0.05, 0) is 37.1 Å². The van der Waals surface area contributed by atoms with Crippen LogP contribution >= 0.6 is 0 Å². The smallest absolute Gasteiger partial charge is 0.325 e. The van der Waals surface area contributed by atoms with Crippen LogP contribution in [-0.2, 0) is 4.79 Å². The SMILES string of the molecule is C=CCN1C(=O)C2C(N=C3N(c4ccc(C)c(C)c4)CCN32)N(C)C1=O. The summed E-state index contributed by atoms with van der Waals surface area (Å²) in [6.45, 7) is 9.53. The Balaban J connectivity index is 1.68. The van der Waals surface area contributed by atoms with Gasteiger partial charge in [-0.15, -0.1) is 6.58 Å². The summed E-state index contributed by atoms with van der Waals surface area (Å²) in [7, 11) is 1.70. The van der Waals surface area contributed by atoms with Crippen LogP contribution < -0.4 is 4.90 Å². The average Bonchev–Trinajstić information content (AvgIpc) is 3.18. The summed E-state index contributed by atoms with van der Waals surface area (Å²) in [6, 6.07) is 5.55. The summed E-state index contributed by atoms with van der Waals surface area (Å²) >= 11 is 0. The summed E-state index contributed by atoms with van der Waals surface area (Å²) < 4.78 is 0. The summed E-state index contributed by atoms with van der Waals surface area (Å²) in [5.74, 6) is 0.579. The van der Waals surface area contributed by atoms with Crippen LogP contribution in [0.2, 0.25) is 0 Å². The molecular weight excluding hydrogens is 330 g/mol. The Morgan fingerprint density at radius 3 is 2.69 bits per heavy atom. The van der Waals surface area contributed by atoms with Crippen LogP contribution in [0.1, 0.15) is 11.1 Å². The summed E-state index contributed by atoms with van der Waals surface area (Å²) in [5.41, 5.74) is 3.53. The number of anilines is 1. The second-order valence-corrected chi connectivity index (χ2v) is 7.03. The van der Waals surface area contributed by atoms with Gasteiger partial charge in [0.25, 0.3) is 5.91 Å². The Morgan fingerprint density at radius 1 is 1.23 bits per heavy atom. The molecule has 1 aromatic carbocycles. The van der Waals surface area contributed by atoms with Crippen LogP contribution in [0.5, 0.6) is 0 Å². The lowest BCUT2D eigenvalue weighted by atomic mass is 10.1. The van der Waals surface area contributed by atoms with Crippen molar-refractivity contribution in [1.29, 1.82) is 0 Å². The van der Waals surface area contributed by atoms with Gasteiger partial charge < -0.3 is 14.7 Å². The van der Waals surface area contributed by atoms with E-state index in [2.05, 4.69) is 43.5 Å². The van der Waals surface area contributed by atoms with Crippen LogP contribution in [0.25, 0.3) is 0 Å². The van der Waals surface area contributed by atoms with Crippen LogP contribution in [0.4, 0.5) is 10.5 Å². The number of urea groups is 1. The first kappa shape index (κ1) is 16.6. The number of imide groups is 1. The van der Waals surface area contributed by atoms with Gasteiger partial charge in [-0.2, -0.15) is 0 Å². The van der Waals surface area contributed by atoms with E-state index >= 15 is 0 Å². The fourth-order valence-corrected chi connectivity index (χ4v) is 3.87. The molecule has 1 aromatic rings. The lowest BCUT2D eigenvalue weighted by molar-refractivity contribution is -0.136. The topological polar surface area (TPSA) is 59.5 Å². The van der Waals surface area contributed by atoms with Crippen molar-refractivity contribution in [1.82, 2.24) is 14.7 Å². The van der Waals surface area contributed by atoms with Crippen molar-refractivity contribution in [3.8, 4) is 0 Å². The summed E-state index contributed by atoms with van der Waals surface area (Å²) in [4.78, 5) is 37.2. The van der Waals surface area contributed by atoms with E-state index in [1.54, 1.807) is 18.0 Å². The Bertz CT molecular complexity index is 833. The molecule has 4 rings (SSSR count). The molecule has 0 bridgehead atoms. The number of fused-ring (bicyclic) bond motifs is 3. The molecule has 2 atom stereocenters. The van der Waals surface area contributed by atoms with Gasteiger partial charge >= 0.3 is 6.03 Å². The molecule has 7 heteroatoms. The molecule has 3 heterocycles. The normalized spacial score (nSPS) is 24.8. The first-order valence-corrected chi connectivity index (χ1v) is 8.82. The highest BCUT2D eigenvalue weighted by atomic mass is 16.2. The number of likely N-dealkylation sites (N-methyl/N-ethyl adjacent to an activating group) is 1. The van der Waals surface area contributed by atoms with Crippen molar-refractivity contribution < 1.29 is 9.59 Å². The van der Waals surface area contributed by atoms with Gasteiger partial charge in [-0.3, -0.25) is 9.69 Å². The number of rotatable bonds is 3. The van der Waals surface area contributed by atoms with Gasteiger partial charge in [0.05, 0.1) is 0 Å². The highest BCUT2D eigenvalue weighted by molar-refractivity contribution is 6.08. The quantitative estimate of drug-likeness (QED) is 0.774. The number of benzene rings is 1. The molecule has 0 aliphatic carbocycles. The Kier molecular flexibility index (Phi) is 3.75. The van der Waals surface area contributed by atoms with E-state index in [4.69, 9.17) is 4.99 Å². The molecule has 3 aliphatic rings. The maximum atomic E-state index is 12.9. The number of carbonyl (C=O) groups is 2. The maximum absolute atomic E-state index is 12.9. The Hall–Kier alpha value is -2.83. The number of hydrogen-bond donors (Lipinski definition) is 0. The van der Waals surface area contributed by atoms with Crippen molar-refractivity contribution in [2.75, 3.05) is 31.6 Å². The van der Waals surface area contributed by atoms with E-state index in [1.807, 2.05) is 4.90 Å². The fraction of sp³-hybridized carbons (Fsp3) is 0.421. The molecule has 7 nitrogen and oxygen atoms in total. The van der Waals surface area contributed by atoms with Crippen LogP contribution in [0.3, 0.4) is 0 Å². The molecule has 0 radical (unpaired) electrons. The Morgan fingerprint density at radius 2 is 2.00 bits per heavy atom. The number of aliphatic imine (C=N–C) groups is 1. The number of guanidine groups is 1. The number of aryl methyl sites for hydroxylation is 2. The number of nitrogens with zero attached hydrogens (tertiary/aromatic N) is 5. The molecule has 2 unspecified atom stereocenters. The van der Waals surface area contributed by atoms with Gasteiger partial charge in [-0.25, -0.2) is 9.79 Å². The Labute approximate surface area is 153 Å². The average molecular weight is 353 g/mol. The van der Waals surface area contributed by atoms with Gasteiger partial charge in [0, 0.05) is 32.4 Å². The van der Waals surface area contributed by atoms with Gasteiger partial charge in [0.15, 0.2) is 12.2 Å². The third kappa shape index (κ3) is 2.23. The van der Waals surface area contributed by atoms with Gasteiger partial charge in [0.1, 0.15) is 0 Å². The lowest BCUT2D eigenvalue weighted by Gasteiger charge is -2.40. The first-order valence-electron chi connectivity index (χ1n) is 8.82. The largest absolute Gasteiger partial charge is 0.328 e. The van der Waals surface area contributed by atoms with Crippen molar-refractivity contribution >= 4 is 23.6 Å². The predicted octanol–water partition coefficient (Wildman–Crippen LogP) is 1.57. The molecule has 0 aromatic heterocycles. The molecule has 2 fully saturated rings. The molecule has 0 saturated carbocycles. The third-order valence-electron chi connectivity index (χ3n) is 5.49. The standard InChI is InChI=1S/C19H23N5O2/c1-5-8-24-17(25)15-16(21(4)19(24)26)20-18-22(9-10-23(15)18)14-7-6-12(2)13(3)11-14/h5-7,11,15-16H,1,8-10H2,2-4H3. The minimum absolute atomic E-state index is 0.196. The summed E-state index contributed by atoms with van der Waals surface area (Å²) in [5, 5.41) is 0. The highest BCUT2D eigenvalue weighted by Gasteiger charge is 2.54. The molecule has 2 saturated heterocycles. The van der Waals surface area contributed by atoms with Gasteiger partial charge in [-0.1, -0.05) is 12.1 Å². The minimum atomic E-state index is -0.472. The van der Waals surface area contributed by atoms with Gasteiger partial charge in [0.2, 0.25) is 5.96 Å². The predicted molar refractivity (Wildman–Crippen MR) is 100 cm³/mol. The van der Waals surface area contributed by atoms with E-state index in [0.717, 1.165) is 18.2 Å². The molecule has 0 spiro atoms. The second-order valence-electron chi connectivity index (χ2n) is 7.03. The van der Waals surface area contributed by atoms with E-state index in [-0.39, 0.29) is 18.5 Å². The molecular formula is C19H23N5O2. The van der Waals surface area contributed by atoms with Crippen molar-refractivity contribution in [3.63, 3.8) is 0 Å². The zero-order chi connectivity index (χ0) is 18.6. The van der Waals surface area contributed by atoms with Crippen LogP contribution in [0.15, 0.2) is 35.8 Å². The summed E-state index contributed by atoms with van der Waals surface area (Å²) in [6.07, 6.45) is 1.10. The lowest BCUT2D eigenvalue weighted by Crippen LogP contribution is -2.64. The number of amides is 3. The molecule has 3 aliphatic heterocycles. The van der Waals surface area contributed by atoms with E-state index in [0.29, 0.717) is 6.54 Å². The maximum Gasteiger partial charge on any atom is 0.328 e. The second kappa shape index (κ2) is 5.86. The molecule has 3 amide bonds. The molecule has 26 heavy (non-hydrogen) atoms. The van der Waals surface area contributed by atoms with Crippen molar-refractivity contribution in [2.45, 2.75) is 26.1 Å². The van der Waals surface area contributed by atoms with E-state index < -0.39 is 12.2 Å². The van der Waals surface area contributed by atoms with E-state index in [9.17, 15) is 9.59 Å². The first-order chi connectivity index (χ1) is 12.4. The minimum Gasteiger partial charge on any atom is -0.325 e. The number of carbonyl (C=O) groups excluding carboxylic acids is 2. The fourth-order valence-electron chi connectivity index (χ4n) is 3.87. The molecule has 0 N–H and O–H groups in total. The van der Waals surface area contributed by atoms with Crippen LogP contribution in [-0.4, -0.2) is 71.5 Å². The zero-order valence-corrected chi connectivity index (χ0v) is 15.3. The molecule has 136 valence electrons. The number of hydrogen-bond acceptors (Lipinski definition) is 5.